The molecule has 0 bridgehead atoms. The summed E-state index contributed by atoms with van der Waals surface area (Å²) in [7, 11) is -3.44. The summed E-state index contributed by atoms with van der Waals surface area (Å²) >= 11 is 3.42. The molecule has 1 aromatic rings. The molecule has 1 aliphatic heterocycles. The third-order valence-electron chi connectivity index (χ3n) is 2.74. The number of amides is 1. The minimum absolute atomic E-state index is 0.106. The van der Waals surface area contributed by atoms with Crippen molar-refractivity contribution in [1.29, 1.82) is 0 Å². The monoisotopic (exact) mass is 320 g/mol. The Hall–Kier alpha value is -0.570. The highest BCUT2D eigenvalue weighted by atomic mass is 32.2. The van der Waals surface area contributed by atoms with Crippen LogP contribution in [-0.2, 0) is 22.2 Å². The molecule has 2 rings (SSSR count). The molecule has 0 fully saturated rings. The van der Waals surface area contributed by atoms with Gasteiger partial charge in [-0.1, -0.05) is 0 Å². The van der Waals surface area contributed by atoms with Gasteiger partial charge in [0.2, 0.25) is 10.0 Å². The van der Waals surface area contributed by atoms with Crippen molar-refractivity contribution in [2.24, 2.45) is 5.14 Å². The number of hydrogen-bond acceptors (Lipinski definition) is 5. The summed E-state index contributed by atoms with van der Waals surface area (Å²) in [6, 6.07) is 1.95. The minimum atomic E-state index is -3.44. The molecular weight excluding hydrogens is 304 g/mol. The van der Waals surface area contributed by atoms with Crippen molar-refractivity contribution in [3.63, 3.8) is 0 Å². The molecule has 19 heavy (non-hydrogen) atoms. The maximum atomic E-state index is 11.9. The zero-order chi connectivity index (χ0) is 13.9. The first-order valence-electron chi connectivity index (χ1n) is 5.94. The van der Waals surface area contributed by atoms with Gasteiger partial charge >= 0.3 is 0 Å². The first kappa shape index (κ1) is 14.8. The first-order valence-corrected chi connectivity index (χ1v) is 9.62. The van der Waals surface area contributed by atoms with E-state index in [1.165, 1.54) is 21.8 Å². The highest BCUT2D eigenvalue weighted by Crippen LogP contribution is 2.31. The first-order chi connectivity index (χ1) is 8.96. The summed E-state index contributed by atoms with van der Waals surface area (Å²) in [5.74, 6) is 1.86. The minimum Gasteiger partial charge on any atom is -0.351 e. The van der Waals surface area contributed by atoms with Crippen LogP contribution in [0.25, 0.3) is 0 Å². The van der Waals surface area contributed by atoms with Crippen molar-refractivity contribution in [2.45, 2.75) is 18.6 Å². The van der Waals surface area contributed by atoms with Gasteiger partial charge in [-0.2, -0.15) is 11.8 Å². The second kappa shape index (κ2) is 6.25. The van der Waals surface area contributed by atoms with Crippen molar-refractivity contribution in [3.8, 4) is 0 Å². The Kier molecular flexibility index (Phi) is 4.88. The van der Waals surface area contributed by atoms with Crippen molar-refractivity contribution >= 4 is 39.0 Å². The van der Waals surface area contributed by atoms with Crippen LogP contribution in [0.15, 0.2) is 6.07 Å². The number of sulfonamides is 1. The van der Waals surface area contributed by atoms with Crippen LogP contribution in [-0.4, -0.2) is 32.4 Å². The zero-order valence-corrected chi connectivity index (χ0v) is 12.8. The van der Waals surface area contributed by atoms with Crippen LogP contribution in [0.5, 0.6) is 0 Å². The van der Waals surface area contributed by atoms with E-state index in [-0.39, 0.29) is 11.7 Å². The fourth-order valence-electron chi connectivity index (χ4n) is 1.82. The molecule has 0 radical (unpaired) electrons. The second-order valence-corrected chi connectivity index (χ2v) is 8.31. The lowest BCUT2D eigenvalue weighted by Crippen LogP contribution is -2.26. The quantitative estimate of drug-likeness (QED) is 0.790. The number of carbonyl (C=O) groups excluding carboxylic acids is 1. The van der Waals surface area contributed by atoms with Gasteiger partial charge in [-0.25, -0.2) is 13.6 Å². The largest absolute Gasteiger partial charge is 0.351 e. The number of hydrogen-bond donors (Lipinski definition) is 2. The van der Waals surface area contributed by atoms with E-state index in [4.69, 9.17) is 5.14 Å². The summed E-state index contributed by atoms with van der Waals surface area (Å²) in [6.07, 6.45) is 1.37. The normalized spacial score (nSPS) is 15.0. The van der Waals surface area contributed by atoms with Crippen molar-refractivity contribution in [3.05, 3.63) is 21.4 Å². The molecule has 0 unspecified atom stereocenters. The van der Waals surface area contributed by atoms with Gasteiger partial charge in [0.05, 0.1) is 10.6 Å². The third kappa shape index (κ3) is 4.48. The van der Waals surface area contributed by atoms with Gasteiger partial charge in [0, 0.05) is 17.2 Å². The predicted molar refractivity (Wildman–Crippen MR) is 79.1 cm³/mol. The molecule has 0 saturated carbocycles. The molecule has 1 aromatic heterocycles. The van der Waals surface area contributed by atoms with Crippen LogP contribution in [0.3, 0.4) is 0 Å². The number of carbonyl (C=O) groups is 1. The number of aryl methyl sites for hydroxylation is 1. The van der Waals surface area contributed by atoms with E-state index in [9.17, 15) is 13.2 Å². The van der Waals surface area contributed by atoms with Crippen LogP contribution in [0, 0.1) is 0 Å². The molecule has 1 amide bonds. The van der Waals surface area contributed by atoms with E-state index in [2.05, 4.69) is 5.32 Å². The molecule has 3 N–H and O–H groups in total. The number of thiophene rings is 1. The highest BCUT2D eigenvalue weighted by molar-refractivity contribution is 7.98. The molecule has 106 valence electrons. The Morgan fingerprint density at radius 1 is 1.47 bits per heavy atom. The molecule has 0 spiro atoms. The summed E-state index contributed by atoms with van der Waals surface area (Å²) in [6.45, 7) is 0.326. The van der Waals surface area contributed by atoms with Crippen LogP contribution in [0.2, 0.25) is 0 Å². The Labute approximate surface area is 121 Å². The smallest absolute Gasteiger partial charge is 0.261 e. The third-order valence-corrected chi connectivity index (χ3v) is 5.84. The van der Waals surface area contributed by atoms with Gasteiger partial charge in [-0.05, 0) is 30.2 Å². The predicted octanol–water partition coefficient (Wildman–Crippen LogP) is 0.946. The lowest BCUT2D eigenvalue weighted by Gasteiger charge is -2.08. The molecule has 8 heteroatoms. The SMILES string of the molecule is NS(=O)(=O)CCCNC(=O)c1cc2c(s1)CCSC2. The molecule has 2 heterocycles. The van der Waals surface area contributed by atoms with E-state index in [0.717, 1.165) is 17.9 Å². The van der Waals surface area contributed by atoms with E-state index < -0.39 is 10.0 Å². The topological polar surface area (TPSA) is 89.3 Å². The fraction of sp³-hybridized carbons (Fsp3) is 0.545. The number of rotatable bonds is 5. The number of thioether (sulfide) groups is 1. The van der Waals surface area contributed by atoms with E-state index in [1.54, 1.807) is 0 Å². The Bertz CT molecular complexity index is 542. The zero-order valence-electron chi connectivity index (χ0n) is 10.3. The highest BCUT2D eigenvalue weighted by Gasteiger charge is 2.17. The average Bonchev–Trinajstić information content (AvgIpc) is 2.77. The Morgan fingerprint density at radius 3 is 2.95 bits per heavy atom. The molecule has 0 aromatic carbocycles. The second-order valence-electron chi connectivity index (χ2n) is 4.34. The Balaban J connectivity index is 1.85. The molecule has 0 atom stereocenters. The molecular formula is C11H16N2O3S3. The number of fused-ring (bicyclic) bond motifs is 1. The van der Waals surface area contributed by atoms with Gasteiger partial charge in [-0.15, -0.1) is 11.3 Å². The van der Waals surface area contributed by atoms with Crippen molar-refractivity contribution < 1.29 is 13.2 Å². The van der Waals surface area contributed by atoms with Crippen molar-refractivity contribution in [2.75, 3.05) is 18.1 Å². The molecule has 0 aliphatic carbocycles. The summed E-state index contributed by atoms with van der Waals surface area (Å²) < 4.78 is 21.5. The summed E-state index contributed by atoms with van der Waals surface area (Å²) in [5.41, 5.74) is 1.26. The maximum absolute atomic E-state index is 11.9. The fourth-order valence-corrected chi connectivity index (χ4v) is 4.66. The average molecular weight is 320 g/mol. The van der Waals surface area contributed by atoms with Crippen LogP contribution in [0.4, 0.5) is 0 Å². The summed E-state index contributed by atoms with van der Waals surface area (Å²) in [5, 5.41) is 7.61. The van der Waals surface area contributed by atoms with Crippen LogP contribution >= 0.6 is 23.1 Å². The number of nitrogens with one attached hydrogen (secondary N) is 1. The lowest BCUT2D eigenvalue weighted by atomic mass is 10.2. The van der Waals surface area contributed by atoms with E-state index >= 15 is 0 Å². The van der Waals surface area contributed by atoms with Gasteiger partial charge in [0.1, 0.15) is 0 Å². The van der Waals surface area contributed by atoms with E-state index in [1.807, 2.05) is 17.8 Å². The number of primary sulfonamides is 1. The Morgan fingerprint density at radius 2 is 2.26 bits per heavy atom. The van der Waals surface area contributed by atoms with Gasteiger partial charge in [-0.3, -0.25) is 4.79 Å². The lowest BCUT2D eigenvalue weighted by molar-refractivity contribution is 0.0957. The molecule has 5 nitrogen and oxygen atoms in total. The standard InChI is InChI=1S/C11H16N2O3S3/c12-19(15,16)5-1-3-13-11(14)10-6-8-7-17-4-2-9(8)18-10/h6H,1-5,7H2,(H,13,14)(H2,12,15,16). The maximum Gasteiger partial charge on any atom is 0.261 e. The van der Waals surface area contributed by atoms with Crippen LogP contribution < -0.4 is 10.5 Å². The van der Waals surface area contributed by atoms with Gasteiger partial charge in [0.15, 0.2) is 0 Å². The molecule has 0 saturated heterocycles. The molecule has 1 aliphatic rings. The van der Waals surface area contributed by atoms with Gasteiger partial charge < -0.3 is 5.32 Å². The summed E-state index contributed by atoms with van der Waals surface area (Å²) in [4.78, 5) is 13.9. The number of nitrogens with two attached hydrogens (primary N) is 1. The van der Waals surface area contributed by atoms with Crippen LogP contribution in [0.1, 0.15) is 26.5 Å². The van der Waals surface area contributed by atoms with Crippen molar-refractivity contribution in [1.82, 2.24) is 5.32 Å². The van der Waals surface area contributed by atoms with Gasteiger partial charge in [0.25, 0.3) is 5.91 Å². The van der Waals surface area contributed by atoms with E-state index in [0.29, 0.717) is 17.8 Å².